The molecule has 0 aromatic heterocycles. The first kappa shape index (κ1) is 14.9. The van der Waals surface area contributed by atoms with Crippen LogP contribution < -0.4 is 10.6 Å². The van der Waals surface area contributed by atoms with E-state index in [1.165, 1.54) is 0 Å². The number of oxime groups is 1. The van der Waals surface area contributed by atoms with E-state index in [4.69, 9.17) is 22.5 Å². The third kappa shape index (κ3) is 2.69. The van der Waals surface area contributed by atoms with Crippen LogP contribution in [0.15, 0.2) is 23.4 Å². The first-order chi connectivity index (χ1) is 9.45. The van der Waals surface area contributed by atoms with Crippen molar-refractivity contribution in [2.75, 3.05) is 25.0 Å². The summed E-state index contributed by atoms with van der Waals surface area (Å²) in [4.78, 5) is 4.60. The average Bonchev–Trinajstić information content (AvgIpc) is 2.43. The van der Waals surface area contributed by atoms with Crippen LogP contribution >= 0.6 is 11.6 Å². The van der Waals surface area contributed by atoms with Crippen LogP contribution in [-0.4, -0.2) is 48.2 Å². The Labute approximate surface area is 124 Å². The van der Waals surface area contributed by atoms with Crippen LogP contribution in [0.3, 0.4) is 0 Å². The van der Waals surface area contributed by atoms with E-state index in [1.807, 2.05) is 12.1 Å². The Bertz CT molecular complexity index is 508. The van der Waals surface area contributed by atoms with Crippen molar-refractivity contribution in [2.45, 2.75) is 25.9 Å². The smallest absolute Gasteiger partial charge is 0.173 e. The fourth-order valence-corrected chi connectivity index (χ4v) is 2.95. The molecule has 5 nitrogen and oxygen atoms in total. The second-order valence-electron chi connectivity index (χ2n) is 5.39. The Morgan fingerprint density at radius 3 is 2.50 bits per heavy atom. The molecule has 0 radical (unpaired) electrons. The van der Waals surface area contributed by atoms with Gasteiger partial charge in [-0.25, -0.2) is 0 Å². The van der Waals surface area contributed by atoms with Crippen LogP contribution in [0.4, 0.5) is 5.69 Å². The van der Waals surface area contributed by atoms with Gasteiger partial charge in [0.1, 0.15) is 0 Å². The summed E-state index contributed by atoms with van der Waals surface area (Å²) in [6.07, 6.45) is 0. The molecule has 1 aliphatic heterocycles. The van der Waals surface area contributed by atoms with Crippen LogP contribution in [0.5, 0.6) is 0 Å². The van der Waals surface area contributed by atoms with E-state index in [2.05, 4.69) is 35.9 Å². The van der Waals surface area contributed by atoms with Gasteiger partial charge in [-0.1, -0.05) is 22.8 Å². The summed E-state index contributed by atoms with van der Waals surface area (Å²) >= 11 is 6.21. The number of amidine groups is 1. The lowest BCUT2D eigenvalue weighted by Crippen LogP contribution is -2.55. The maximum Gasteiger partial charge on any atom is 0.173 e. The van der Waals surface area contributed by atoms with Crippen molar-refractivity contribution < 1.29 is 5.21 Å². The maximum atomic E-state index is 8.96. The number of halogens is 1. The Balaban J connectivity index is 2.41. The second-order valence-corrected chi connectivity index (χ2v) is 5.79. The molecule has 1 saturated heterocycles. The Morgan fingerprint density at radius 2 is 1.95 bits per heavy atom. The lowest BCUT2D eigenvalue weighted by molar-refractivity contribution is 0.170. The van der Waals surface area contributed by atoms with E-state index >= 15 is 0 Å². The minimum Gasteiger partial charge on any atom is -0.409 e. The fourth-order valence-electron chi connectivity index (χ4n) is 2.68. The summed E-state index contributed by atoms with van der Waals surface area (Å²) in [6, 6.07) is 6.46. The minimum absolute atomic E-state index is 0.0461. The first-order valence-corrected chi connectivity index (χ1v) is 7.06. The van der Waals surface area contributed by atoms with E-state index in [9.17, 15) is 0 Å². The van der Waals surface area contributed by atoms with Gasteiger partial charge in [-0.2, -0.15) is 0 Å². The summed E-state index contributed by atoms with van der Waals surface area (Å²) < 4.78 is 0. The largest absolute Gasteiger partial charge is 0.409 e. The summed E-state index contributed by atoms with van der Waals surface area (Å²) in [7, 11) is 2.13. The van der Waals surface area contributed by atoms with E-state index < -0.39 is 0 Å². The molecule has 2 atom stereocenters. The highest BCUT2D eigenvalue weighted by Gasteiger charge is 2.28. The summed E-state index contributed by atoms with van der Waals surface area (Å²) in [6.45, 7) is 6.15. The van der Waals surface area contributed by atoms with Crippen LogP contribution in [0.1, 0.15) is 19.4 Å². The second kappa shape index (κ2) is 5.89. The van der Waals surface area contributed by atoms with Crippen molar-refractivity contribution in [1.29, 1.82) is 0 Å². The minimum atomic E-state index is 0.0461. The normalized spacial score (nSPS) is 25.0. The Kier molecular flexibility index (Phi) is 4.40. The van der Waals surface area contributed by atoms with E-state index in [0.29, 0.717) is 22.7 Å². The summed E-state index contributed by atoms with van der Waals surface area (Å²) in [5.41, 5.74) is 7.29. The summed E-state index contributed by atoms with van der Waals surface area (Å²) in [5.74, 6) is 0.0461. The van der Waals surface area contributed by atoms with Crippen molar-refractivity contribution in [3.63, 3.8) is 0 Å². The standard InChI is InChI=1S/C14H21ClN4O/c1-9-7-19(8-10(2)18(9)3)12-6-4-5-11(15)13(12)14(16)17-20/h4-6,9-10,20H,7-8H2,1-3H3,(H2,16,17). The molecular formula is C14H21ClN4O. The predicted molar refractivity (Wildman–Crippen MR) is 82.9 cm³/mol. The molecule has 0 amide bonds. The Morgan fingerprint density at radius 1 is 1.35 bits per heavy atom. The van der Waals surface area contributed by atoms with Crippen LogP contribution in [0.2, 0.25) is 5.02 Å². The van der Waals surface area contributed by atoms with Crippen molar-refractivity contribution in [2.24, 2.45) is 10.9 Å². The molecule has 1 aliphatic rings. The van der Waals surface area contributed by atoms with E-state index in [-0.39, 0.29) is 5.84 Å². The molecular weight excluding hydrogens is 276 g/mol. The molecule has 2 unspecified atom stereocenters. The van der Waals surface area contributed by atoms with Crippen molar-refractivity contribution in [1.82, 2.24) is 4.90 Å². The number of hydrogen-bond acceptors (Lipinski definition) is 4. The molecule has 1 aromatic rings. The molecule has 1 fully saturated rings. The van der Waals surface area contributed by atoms with E-state index in [1.54, 1.807) is 6.07 Å². The van der Waals surface area contributed by atoms with Gasteiger partial charge in [0.25, 0.3) is 0 Å². The highest BCUT2D eigenvalue weighted by atomic mass is 35.5. The predicted octanol–water partition coefficient (Wildman–Crippen LogP) is 1.96. The van der Waals surface area contributed by atoms with E-state index in [0.717, 1.165) is 18.8 Å². The highest BCUT2D eigenvalue weighted by molar-refractivity contribution is 6.34. The fraction of sp³-hybridized carbons (Fsp3) is 0.500. The van der Waals surface area contributed by atoms with Gasteiger partial charge in [0.15, 0.2) is 5.84 Å². The molecule has 1 heterocycles. The molecule has 2 rings (SSSR count). The lowest BCUT2D eigenvalue weighted by atomic mass is 10.1. The molecule has 0 aliphatic carbocycles. The maximum absolute atomic E-state index is 8.96. The monoisotopic (exact) mass is 296 g/mol. The number of nitrogens with two attached hydrogens (primary N) is 1. The molecule has 1 aromatic carbocycles. The van der Waals surface area contributed by atoms with Gasteiger partial charge < -0.3 is 15.8 Å². The van der Waals surface area contributed by atoms with Gasteiger partial charge in [0.05, 0.1) is 10.6 Å². The van der Waals surface area contributed by atoms with Gasteiger partial charge in [-0.15, -0.1) is 0 Å². The van der Waals surface area contributed by atoms with Crippen LogP contribution in [0, 0.1) is 0 Å². The summed E-state index contributed by atoms with van der Waals surface area (Å²) in [5, 5.41) is 12.6. The first-order valence-electron chi connectivity index (χ1n) is 6.69. The average molecular weight is 297 g/mol. The van der Waals surface area contributed by atoms with Gasteiger partial charge in [-0.3, -0.25) is 4.90 Å². The van der Waals surface area contributed by atoms with Crippen molar-refractivity contribution in [3.05, 3.63) is 28.8 Å². The number of benzene rings is 1. The van der Waals surface area contributed by atoms with Crippen molar-refractivity contribution >= 4 is 23.1 Å². The van der Waals surface area contributed by atoms with Crippen LogP contribution in [-0.2, 0) is 0 Å². The number of nitrogens with zero attached hydrogens (tertiary/aromatic N) is 3. The number of likely N-dealkylation sites (N-methyl/N-ethyl adjacent to an activating group) is 1. The van der Waals surface area contributed by atoms with Gasteiger partial charge >= 0.3 is 0 Å². The lowest BCUT2D eigenvalue weighted by Gasteiger charge is -2.44. The molecule has 0 bridgehead atoms. The zero-order valence-corrected chi connectivity index (χ0v) is 12.8. The number of anilines is 1. The zero-order valence-electron chi connectivity index (χ0n) is 12.0. The number of hydrogen-bond donors (Lipinski definition) is 2. The SMILES string of the molecule is CC1CN(c2cccc(Cl)c2/C(N)=N/O)CC(C)N1C. The molecule has 20 heavy (non-hydrogen) atoms. The number of rotatable bonds is 2. The number of piperazine rings is 1. The molecule has 110 valence electrons. The van der Waals surface area contributed by atoms with Gasteiger partial charge in [-0.05, 0) is 33.0 Å². The molecule has 0 spiro atoms. The van der Waals surface area contributed by atoms with Crippen molar-refractivity contribution in [3.8, 4) is 0 Å². The third-order valence-electron chi connectivity index (χ3n) is 4.06. The topological polar surface area (TPSA) is 65.1 Å². The molecule has 0 saturated carbocycles. The third-order valence-corrected chi connectivity index (χ3v) is 4.37. The molecule has 3 N–H and O–H groups in total. The van der Waals surface area contributed by atoms with Crippen LogP contribution in [0.25, 0.3) is 0 Å². The van der Waals surface area contributed by atoms with Gasteiger partial charge in [0, 0.05) is 30.9 Å². The van der Waals surface area contributed by atoms with Gasteiger partial charge in [0.2, 0.25) is 0 Å². The molecule has 6 heteroatoms. The zero-order chi connectivity index (χ0) is 14.9. The Hall–Kier alpha value is -1.46. The highest BCUT2D eigenvalue weighted by Crippen LogP contribution is 2.30. The quantitative estimate of drug-likeness (QED) is 0.379.